The Morgan fingerprint density at radius 3 is 2.73 bits per heavy atom. The molecule has 0 aliphatic carbocycles. The van der Waals surface area contributed by atoms with Gasteiger partial charge in [0.2, 0.25) is 5.91 Å². The van der Waals surface area contributed by atoms with Crippen LogP contribution in [-0.2, 0) is 17.9 Å². The summed E-state index contributed by atoms with van der Waals surface area (Å²) in [4.78, 5) is 11.6. The molecule has 1 amide bonds. The predicted molar refractivity (Wildman–Crippen MR) is 57.0 cm³/mol. The summed E-state index contributed by atoms with van der Waals surface area (Å²) in [6, 6.07) is 0. The lowest BCUT2D eigenvalue weighted by molar-refractivity contribution is -0.128. The van der Waals surface area contributed by atoms with E-state index in [1.807, 2.05) is 32.3 Å². The zero-order valence-electron chi connectivity index (χ0n) is 9.74. The molecule has 5 nitrogen and oxygen atoms in total. The van der Waals surface area contributed by atoms with E-state index in [0.29, 0.717) is 6.54 Å². The summed E-state index contributed by atoms with van der Waals surface area (Å²) in [5, 5.41) is 10.6. The zero-order valence-corrected chi connectivity index (χ0v) is 9.74. The number of aromatic nitrogens is 3. The molecule has 0 fully saturated rings. The quantitative estimate of drug-likeness (QED) is 0.808. The van der Waals surface area contributed by atoms with E-state index in [-0.39, 0.29) is 11.3 Å². The molecule has 0 bridgehead atoms. The van der Waals surface area contributed by atoms with Crippen LogP contribution in [0, 0.1) is 5.41 Å². The lowest BCUT2D eigenvalue weighted by Crippen LogP contribution is -2.35. The Labute approximate surface area is 89.9 Å². The third-order valence-corrected chi connectivity index (χ3v) is 2.12. The van der Waals surface area contributed by atoms with Crippen LogP contribution >= 0.6 is 0 Å². The molecule has 0 spiro atoms. The second kappa shape index (κ2) is 4.42. The molecule has 0 radical (unpaired) electrons. The van der Waals surface area contributed by atoms with Crippen molar-refractivity contribution in [1.82, 2.24) is 20.1 Å². The van der Waals surface area contributed by atoms with E-state index in [9.17, 15) is 4.79 Å². The first-order valence-electron chi connectivity index (χ1n) is 5.10. The minimum Gasteiger partial charge on any atom is -0.348 e. The topological polar surface area (TPSA) is 59.8 Å². The number of hydrogen-bond donors (Lipinski definition) is 1. The number of carbonyl (C=O) groups excluding carboxylic acids is 1. The molecule has 1 aromatic rings. The fraction of sp³-hybridized carbons (Fsp3) is 0.700. The summed E-state index contributed by atoms with van der Waals surface area (Å²) in [7, 11) is 0. The number of hydrogen-bond acceptors (Lipinski definition) is 3. The average Bonchev–Trinajstić information content (AvgIpc) is 2.59. The maximum atomic E-state index is 11.6. The highest BCUT2D eigenvalue weighted by atomic mass is 16.2. The van der Waals surface area contributed by atoms with Gasteiger partial charge in [0, 0.05) is 12.0 Å². The summed E-state index contributed by atoms with van der Waals surface area (Å²) in [5.41, 5.74) is -0.364. The molecule has 0 aliphatic heterocycles. The maximum absolute atomic E-state index is 11.6. The molecule has 0 aromatic carbocycles. The van der Waals surface area contributed by atoms with Crippen LogP contribution in [0.2, 0.25) is 0 Å². The highest BCUT2D eigenvalue weighted by molar-refractivity contribution is 5.81. The Balaban J connectivity index is 2.54. The molecule has 15 heavy (non-hydrogen) atoms. The van der Waals surface area contributed by atoms with Crippen molar-refractivity contribution in [2.75, 3.05) is 0 Å². The van der Waals surface area contributed by atoms with E-state index in [4.69, 9.17) is 0 Å². The fourth-order valence-electron chi connectivity index (χ4n) is 1.10. The van der Waals surface area contributed by atoms with E-state index in [1.54, 1.807) is 6.33 Å². The van der Waals surface area contributed by atoms with Gasteiger partial charge in [0.25, 0.3) is 0 Å². The van der Waals surface area contributed by atoms with Gasteiger partial charge in [0.05, 0.1) is 6.54 Å². The van der Waals surface area contributed by atoms with Crippen molar-refractivity contribution in [2.24, 2.45) is 5.41 Å². The highest BCUT2D eigenvalue weighted by Crippen LogP contribution is 2.12. The van der Waals surface area contributed by atoms with Crippen molar-refractivity contribution in [2.45, 2.75) is 40.8 Å². The molecule has 1 heterocycles. The molecule has 5 heteroatoms. The lowest BCUT2D eigenvalue weighted by atomic mass is 9.96. The largest absolute Gasteiger partial charge is 0.348 e. The number of amides is 1. The molecule has 1 rings (SSSR count). The van der Waals surface area contributed by atoms with E-state index in [2.05, 4.69) is 15.5 Å². The van der Waals surface area contributed by atoms with Gasteiger partial charge in [-0.1, -0.05) is 20.8 Å². The van der Waals surface area contributed by atoms with Crippen LogP contribution < -0.4 is 5.32 Å². The first kappa shape index (κ1) is 11.7. The number of nitrogens with zero attached hydrogens (tertiary/aromatic N) is 3. The number of rotatable bonds is 3. The first-order valence-corrected chi connectivity index (χ1v) is 5.10. The number of carbonyl (C=O) groups is 1. The second-order valence-electron chi connectivity index (χ2n) is 4.47. The van der Waals surface area contributed by atoms with Crippen LogP contribution in [0.5, 0.6) is 0 Å². The maximum Gasteiger partial charge on any atom is 0.225 e. The highest BCUT2D eigenvalue weighted by Gasteiger charge is 2.21. The van der Waals surface area contributed by atoms with Crippen LogP contribution in [0.15, 0.2) is 6.33 Å². The molecule has 0 aliphatic rings. The Morgan fingerprint density at radius 2 is 2.20 bits per heavy atom. The van der Waals surface area contributed by atoms with Crippen molar-refractivity contribution >= 4 is 5.91 Å². The van der Waals surface area contributed by atoms with Crippen LogP contribution in [0.25, 0.3) is 0 Å². The van der Waals surface area contributed by atoms with Crippen LogP contribution in [0.3, 0.4) is 0 Å². The van der Waals surface area contributed by atoms with Gasteiger partial charge in [-0.05, 0) is 6.92 Å². The first-order chi connectivity index (χ1) is 6.95. The smallest absolute Gasteiger partial charge is 0.225 e. The van der Waals surface area contributed by atoms with Gasteiger partial charge in [-0.2, -0.15) is 0 Å². The normalized spacial score (nSPS) is 11.5. The van der Waals surface area contributed by atoms with Gasteiger partial charge in [0.15, 0.2) is 5.82 Å². The van der Waals surface area contributed by atoms with Crippen molar-refractivity contribution in [3.05, 3.63) is 12.2 Å². The summed E-state index contributed by atoms with van der Waals surface area (Å²) >= 11 is 0. The molecule has 0 unspecified atom stereocenters. The van der Waals surface area contributed by atoms with Crippen molar-refractivity contribution in [3.8, 4) is 0 Å². The molecule has 0 saturated heterocycles. The molecular formula is C10H18N4O. The number of aryl methyl sites for hydroxylation is 1. The SMILES string of the molecule is CCn1cnnc1CNC(=O)C(C)(C)C. The molecule has 1 N–H and O–H groups in total. The van der Waals surface area contributed by atoms with Gasteiger partial charge in [-0.25, -0.2) is 0 Å². The molecule has 0 atom stereocenters. The van der Waals surface area contributed by atoms with E-state index >= 15 is 0 Å². The van der Waals surface area contributed by atoms with E-state index in [0.717, 1.165) is 12.4 Å². The van der Waals surface area contributed by atoms with Crippen LogP contribution in [-0.4, -0.2) is 20.7 Å². The summed E-state index contributed by atoms with van der Waals surface area (Å²) in [5.74, 6) is 0.809. The van der Waals surface area contributed by atoms with Crippen molar-refractivity contribution in [3.63, 3.8) is 0 Å². The zero-order chi connectivity index (χ0) is 11.5. The summed E-state index contributed by atoms with van der Waals surface area (Å²) in [6.45, 7) is 8.91. The standard InChI is InChI=1S/C10H18N4O/c1-5-14-7-12-13-8(14)6-11-9(15)10(2,3)4/h7H,5-6H2,1-4H3,(H,11,15). The Bertz CT molecular complexity index is 337. The fourth-order valence-corrected chi connectivity index (χ4v) is 1.10. The molecule has 1 aromatic heterocycles. The summed E-state index contributed by atoms with van der Waals surface area (Å²) in [6.07, 6.45) is 1.67. The average molecular weight is 210 g/mol. The van der Waals surface area contributed by atoms with Gasteiger partial charge >= 0.3 is 0 Å². The van der Waals surface area contributed by atoms with E-state index in [1.165, 1.54) is 0 Å². The molecular weight excluding hydrogens is 192 g/mol. The Hall–Kier alpha value is -1.39. The Kier molecular flexibility index (Phi) is 3.44. The van der Waals surface area contributed by atoms with E-state index < -0.39 is 0 Å². The minimum atomic E-state index is -0.364. The third-order valence-electron chi connectivity index (χ3n) is 2.12. The summed E-state index contributed by atoms with van der Waals surface area (Å²) < 4.78 is 1.91. The third kappa shape index (κ3) is 3.04. The number of nitrogens with one attached hydrogen (secondary N) is 1. The van der Waals surface area contributed by atoms with Crippen LogP contribution in [0.4, 0.5) is 0 Å². The lowest BCUT2D eigenvalue weighted by Gasteiger charge is -2.17. The molecule has 84 valence electrons. The van der Waals surface area contributed by atoms with Gasteiger partial charge in [-0.3, -0.25) is 4.79 Å². The second-order valence-corrected chi connectivity index (χ2v) is 4.47. The van der Waals surface area contributed by atoms with Gasteiger partial charge in [0.1, 0.15) is 6.33 Å². The van der Waals surface area contributed by atoms with Gasteiger partial charge < -0.3 is 9.88 Å². The molecule has 0 saturated carbocycles. The van der Waals surface area contributed by atoms with Gasteiger partial charge in [-0.15, -0.1) is 10.2 Å². The van der Waals surface area contributed by atoms with Crippen molar-refractivity contribution < 1.29 is 4.79 Å². The monoisotopic (exact) mass is 210 g/mol. The minimum absolute atomic E-state index is 0.0214. The Morgan fingerprint density at radius 1 is 1.53 bits per heavy atom. The van der Waals surface area contributed by atoms with Crippen molar-refractivity contribution in [1.29, 1.82) is 0 Å². The predicted octanol–water partition coefficient (Wildman–Crippen LogP) is 0.960. The van der Waals surface area contributed by atoms with Crippen LogP contribution in [0.1, 0.15) is 33.5 Å².